The van der Waals surface area contributed by atoms with Crippen molar-refractivity contribution >= 4 is 11.6 Å². The number of pyridine rings is 1. The molecule has 1 saturated carbocycles. The summed E-state index contributed by atoms with van der Waals surface area (Å²) in [4.78, 5) is 8.41. The lowest BCUT2D eigenvalue weighted by atomic mass is 10.3. The van der Waals surface area contributed by atoms with Crippen molar-refractivity contribution in [2.45, 2.75) is 19.4 Å². The highest BCUT2D eigenvalue weighted by Gasteiger charge is 2.20. The minimum Gasteiger partial charge on any atom is -0.337 e. The van der Waals surface area contributed by atoms with Gasteiger partial charge in [-0.2, -0.15) is 4.98 Å². The van der Waals surface area contributed by atoms with E-state index >= 15 is 0 Å². The van der Waals surface area contributed by atoms with Crippen molar-refractivity contribution in [3.63, 3.8) is 0 Å². The molecule has 5 nitrogen and oxygen atoms in total. The molecule has 0 aliphatic heterocycles. The predicted molar refractivity (Wildman–Crippen MR) is 67.0 cm³/mol. The van der Waals surface area contributed by atoms with E-state index in [1.165, 1.54) is 12.8 Å². The van der Waals surface area contributed by atoms with Crippen LogP contribution in [0.5, 0.6) is 0 Å². The first-order valence-corrected chi connectivity index (χ1v) is 6.35. The molecule has 0 aromatic carbocycles. The first-order valence-electron chi connectivity index (χ1n) is 5.97. The molecular weight excluding hydrogens is 252 g/mol. The second kappa shape index (κ2) is 5.04. The average molecular weight is 265 g/mol. The molecule has 0 amide bonds. The minimum absolute atomic E-state index is 0.434. The van der Waals surface area contributed by atoms with Crippen LogP contribution in [0.1, 0.15) is 18.7 Å². The van der Waals surface area contributed by atoms with E-state index in [2.05, 4.69) is 20.4 Å². The molecule has 94 valence electrons. The average Bonchev–Trinajstić information content (AvgIpc) is 3.08. The Morgan fingerprint density at radius 3 is 3.11 bits per heavy atom. The number of nitrogens with zero attached hydrogens (tertiary/aromatic N) is 3. The van der Waals surface area contributed by atoms with Crippen LogP contribution in [-0.2, 0) is 6.54 Å². The molecule has 1 aliphatic carbocycles. The highest BCUT2D eigenvalue weighted by Crippen LogP contribution is 2.27. The molecule has 1 aliphatic rings. The zero-order chi connectivity index (χ0) is 12.4. The van der Waals surface area contributed by atoms with Crippen LogP contribution in [-0.4, -0.2) is 21.7 Å². The summed E-state index contributed by atoms with van der Waals surface area (Å²) < 4.78 is 5.15. The normalized spacial score (nSPS) is 14.9. The summed E-state index contributed by atoms with van der Waals surface area (Å²) in [6, 6.07) is 3.52. The van der Waals surface area contributed by atoms with Gasteiger partial charge < -0.3 is 9.84 Å². The Balaban J connectivity index is 1.66. The number of rotatable bonds is 5. The predicted octanol–water partition coefficient (Wildman–Crippen LogP) is 2.28. The molecule has 0 saturated heterocycles. The van der Waals surface area contributed by atoms with Gasteiger partial charge in [-0.3, -0.25) is 4.98 Å². The van der Waals surface area contributed by atoms with E-state index in [9.17, 15) is 0 Å². The largest absolute Gasteiger partial charge is 0.337 e. The lowest BCUT2D eigenvalue weighted by Crippen LogP contribution is -2.16. The van der Waals surface area contributed by atoms with Gasteiger partial charge in [-0.15, -0.1) is 0 Å². The maximum absolute atomic E-state index is 6.02. The van der Waals surface area contributed by atoms with E-state index in [1.807, 2.05) is 0 Å². The minimum atomic E-state index is 0.434. The molecule has 6 heteroatoms. The van der Waals surface area contributed by atoms with Crippen LogP contribution in [0.4, 0.5) is 0 Å². The maximum atomic E-state index is 6.02. The molecule has 0 atom stereocenters. The molecule has 2 aromatic rings. The maximum Gasteiger partial charge on any atom is 0.240 e. The van der Waals surface area contributed by atoms with Gasteiger partial charge in [0.25, 0.3) is 0 Å². The van der Waals surface area contributed by atoms with Gasteiger partial charge in [0.1, 0.15) is 5.69 Å². The van der Waals surface area contributed by atoms with E-state index in [4.69, 9.17) is 16.1 Å². The molecule has 2 heterocycles. The molecule has 1 fully saturated rings. The van der Waals surface area contributed by atoms with Crippen LogP contribution in [0.15, 0.2) is 22.9 Å². The van der Waals surface area contributed by atoms with Crippen molar-refractivity contribution in [3.8, 4) is 11.5 Å². The third-order valence-corrected chi connectivity index (χ3v) is 3.15. The molecule has 18 heavy (non-hydrogen) atoms. The van der Waals surface area contributed by atoms with Gasteiger partial charge in [-0.25, -0.2) is 0 Å². The molecule has 1 N–H and O–H groups in total. The lowest BCUT2D eigenvalue weighted by Gasteiger charge is -1.97. The Bertz CT molecular complexity index is 538. The molecule has 0 bridgehead atoms. The fourth-order valence-electron chi connectivity index (χ4n) is 1.68. The second-order valence-electron chi connectivity index (χ2n) is 4.42. The molecule has 0 radical (unpaired) electrons. The van der Waals surface area contributed by atoms with Gasteiger partial charge in [0, 0.05) is 6.20 Å². The fourth-order valence-corrected chi connectivity index (χ4v) is 1.88. The number of halogens is 1. The smallest absolute Gasteiger partial charge is 0.240 e. The highest BCUT2D eigenvalue weighted by molar-refractivity contribution is 6.32. The van der Waals surface area contributed by atoms with Gasteiger partial charge >= 0.3 is 0 Å². The van der Waals surface area contributed by atoms with E-state index < -0.39 is 0 Å². The Labute approximate surface area is 110 Å². The third kappa shape index (κ3) is 2.68. The van der Waals surface area contributed by atoms with Gasteiger partial charge in [0.2, 0.25) is 11.7 Å². The quantitative estimate of drug-likeness (QED) is 0.898. The number of aromatic nitrogens is 3. The molecule has 0 spiro atoms. The Morgan fingerprint density at radius 1 is 1.44 bits per heavy atom. The highest BCUT2D eigenvalue weighted by atomic mass is 35.5. The third-order valence-electron chi connectivity index (χ3n) is 2.84. The van der Waals surface area contributed by atoms with E-state index in [0.29, 0.717) is 29.0 Å². The van der Waals surface area contributed by atoms with Crippen molar-refractivity contribution in [2.24, 2.45) is 5.92 Å². The number of hydrogen-bond donors (Lipinski definition) is 1. The summed E-state index contributed by atoms with van der Waals surface area (Å²) in [5, 5.41) is 7.70. The van der Waals surface area contributed by atoms with Crippen LogP contribution >= 0.6 is 11.6 Å². The number of hydrogen-bond acceptors (Lipinski definition) is 5. The number of nitrogens with one attached hydrogen (secondary N) is 1. The fraction of sp³-hybridized carbons (Fsp3) is 0.417. The van der Waals surface area contributed by atoms with E-state index in [1.54, 1.807) is 18.3 Å². The topological polar surface area (TPSA) is 63.8 Å². The zero-order valence-corrected chi connectivity index (χ0v) is 10.5. The first kappa shape index (κ1) is 11.6. The van der Waals surface area contributed by atoms with Gasteiger partial charge in [0.15, 0.2) is 0 Å². The van der Waals surface area contributed by atoms with Crippen LogP contribution in [0.2, 0.25) is 5.02 Å². The van der Waals surface area contributed by atoms with Crippen LogP contribution in [0, 0.1) is 5.92 Å². The Hall–Kier alpha value is -1.46. The SMILES string of the molecule is Clc1cccnc1-c1noc(CNCC2CC2)n1. The standard InChI is InChI=1S/C12H13ClN4O/c13-9-2-1-5-15-11(9)12-16-10(18-17-12)7-14-6-8-3-4-8/h1-2,5,8,14H,3-4,6-7H2. The second-order valence-corrected chi connectivity index (χ2v) is 4.83. The van der Waals surface area contributed by atoms with Crippen LogP contribution in [0.3, 0.4) is 0 Å². The van der Waals surface area contributed by atoms with Crippen molar-refractivity contribution in [1.82, 2.24) is 20.4 Å². The lowest BCUT2D eigenvalue weighted by molar-refractivity contribution is 0.367. The first-order chi connectivity index (χ1) is 8.83. The molecule has 0 unspecified atom stereocenters. The molecule has 2 aromatic heterocycles. The Morgan fingerprint density at radius 2 is 2.33 bits per heavy atom. The summed E-state index contributed by atoms with van der Waals surface area (Å²) in [5.74, 6) is 1.83. The van der Waals surface area contributed by atoms with Crippen molar-refractivity contribution in [3.05, 3.63) is 29.2 Å². The van der Waals surface area contributed by atoms with Gasteiger partial charge in [-0.05, 0) is 37.4 Å². The van der Waals surface area contributed by atoms with Crippen molar-refractivity contribution in [2.75, 3.05) is 6.54 Å². The van der Waals surface area contributed by atoms with Gasteiger partial charge in [-0.1, -0.05) is 16.8 Å². The monoisotopic (exact) mass is 264 g/mol. The summed E-state index contributed by atoms with van der Waals surface area (Å²) in [6.07, 6.45) is 4.31. The van der Waals surface area contributed by atoms with Gasteiger partial charge in [0.05, 0.1) is 11.6 Å². The van der Waals surface area contributed by atoms with E-state index in [0.717, 1.165) is 12.5 Å². The van der Waals surface area contributed by atoms with E-state index in [-0.39, 0.29) is 0 Å². The summed E-state index contributed by atoms with van der Waals surface area (Å²) in [7, 11) is 0. The zero-order valence-electron chi connectivity index (χ0n) is 9.77. The molecular formula is C12H13ClN4O. The summed E-state index contributed by atoms with van der Waals surface area (Å²) in [5.41, 5.74) is 0.552. The molecule has 3 rings (SSSR count). The van der Waals surface area contributed by atoms with Crippen molar-refractivity contribution in [1.29, 1.82) is 0 Å². The Kier molecular flexibility index (Phi) is 3.25. The van der Waals surface area contributed by atoms with Crippen LogP contribution in [0.25, 0.3) is 11.5 Å². The summed E-state index contributed by atoms with van der Waals surface area (Å²) in [6.45, 7) is 1.61. The summed E-state index contributed by atoms with van der Waals surface area (Å²) >= 11 is 6.02. The van der Waals surface area contributed by atoms with Crippen molar-refractivity contribution < 1.29 is 4.52 Å². The van der Waals surface area contributed by atoms with Crippen LogP contribution < -0.4 is 5.32 Å².